The number of aryl methyl sites for hydroxylation is 2. The van der Waals surface area contributed by atoms with Gasteiger partial charge in [-0.3, -0.25) is 0 Å². The molecule has 1 aromatic heterocycles. The number of hydrogen-bond acceptors (Lipinski definition) is 1. The Morgan fingerprint density at radius 1 is 1.00 bits per heavy atom. The third-order valence-corrected chi connectivity index (χ3v) is 4.51. The second-order valence-corrected chi connectivity index (χ2v) is 5.79. The molecule has 1 nitrogen and oxygen atoms in total. The molecule has 0 aliphatic rings. The first kappa shape index (κ1) is 12.5. The molecule has 0 amide bonds. The largest absolute Gasteiger partial charge is 0.469 e. The summed E-state index contributed by atoms with van der Waals surface area (Å²) in [6.07, 6.45) is 1.82. The van der Waals surface area contributed by atoms with Crippen LogP contribution in [0.5, 0.6) is 0 Å². The average molecular weight is 315 g/mol. The number of furan rings is 1. The van der Waals surface area contributed by atoms with E-state index in [4.69, 9.17) is 4.42 Å². The second-order valence-electron chi connectivity index (χ2n) is 4.87. The van der Waals surface area contributed by atoms with Crippen LogP contribution in [0.2, 0.25) is 0 Å². The summed E-state index contributed by atoms with van der Waals surface area (Å²) < 4.78 is 5.41. The fourth-order valence-electron chi connectivity index (χ4n) is 2.47. The van der Waals surface area contributed by atoms with E-state index in [-0.39, 0.29) is 4.83 Å². The fraction of sp³-hybridized carbons (Fsp3) is 0.176. The van der Waals surface area contributed by atoms with Crippen LogP contribution in [0.15, 0.2) is 53.1 Å². The van der Waals surface area contributed by atoms with Crippen molar-refractivity contribution in [1.29, 1.82) is 0 Å². The first-order valence-corrected chi connectivity index (χ1v) is 7.26. The lowest BCUT2D eigenvalue weighted by Crippen LogP contribution is -1.93. The van der Waals surface area contributed by atoms with Gasteiger partial charge in [-0.25, -0.2) is 0 Å². The van der Waals surface area contributed by atoms with Gasteiger partial charge < -0.3 is 4.42 Å². The van der Waals surface area contributed by atoms with Crippen LogP contribution in [0, 0.1) is 13.8 Å². The van der Waals surface area contributed by atoms with Gasteiger partial charge in [0.05, 0.1) is 11.1 Å². The maximum absolute atomic E-state index is 5.41. The Bertz CT molecular complexity index is 727. The summed E-state index contributed by atoms with van der Waals surface area (Å²) in [5.41, 5.74) is 3.75. The van der Waals surface area contributed by atoms with Crippen molar-refractivity contribution in [2.24, 2.45) is 0 Å². The lowest BCUT2D eigenvalue weighted by Gasteiger charge is -2.13. The van der Waals surface area contributed by atoms with E-state index in [0.717, 1.165) is 11.3 Å². The summed E-state index contributed by atoms with van der Waals surface area (Å²) in [4.78, 5) is 0.162. The molecule has 1 atom stereocenters. The SMILES string of the molecule is Cc1cc(C(Br)c2ccc(C)c3ccccc23)co1. The predicted octanol–water partition coefficient (Wildman–Crippen LogP) is 5.53. The van der Waals surface area contributed by atoms with Crippen LogP contribution < -0.4 is 0 Å². The molecule has 3 rings (SSSR count). The van der Waals surface area contributed by atoms with Gasteiger partial charge in [0.15, 0.2) is 0 Å². The van der Waals surface area contributed by atoms with Crippen molar-refractivity contribution < 1.29 is 4.42 Å². The molecule has 0 radical (unpaired) electrons. The van der Waals surface area contributed by atoms with Crippen LogP contribution in [0.4, 0.5) is 0 Å². The molecule has 2 heteroatoms. The molecule has 1 unspecified atom stereocenters. The Kier molecular flexibility index (Phi) is 3.19. The summed E-state index contributed by atoms with van der Waals surface area (Å²) >= 11 is 3.79. The van der Waals surface area contributed by atoms with E-state index in [2.05, 4.69) is 65.3 Å². The van der Waals surface area contributed by atoms with Crippen LogP contribution in [0.1, 0.15) is 27.3 Å². The van der Waals surface area contributed by atoms with Gasteiger partial charge >= 0.3 is 0 Å². The van der Waals surface area contributed by atoms with Gasteiger partial charge in [0.25, 0.3) is 0 Å². The maximum Gasteiger partial charge on any atom is 0.101 e. The number of fused-ring (bicyclic) bond motifs is 1. The molecule has 1 heterocycles. The highest BCUT2D eigenvalue weighted by Gasteiger charge is 2.15. The summed E-state index contributed by atoms with van der Waals surface area (Å²) in [5.74, 6) is 0.941. The molecule has 19 heavy (non-hydrogen) atoms. The quantitative estimate of drug-likeness (QED) is 0.566. The van der Waals surface area contributed by atoms with Crippen molar-refractivity contribution in [2.75, 3.05) is 0 Å². The average Bonchev–Trinajstić information content (AvgIpc) is 2.86. The minimum absolute atomic E-state index is 0.162. The highest BCUT2D eigenvalue weighted by Crippen LogP contribution is 2.36. The molecule has 0 saturated carbocycles. The summed E-state index contributed by atoms with van der Waals surface area (Å²) in [7, 11) is 0. The zero-order chi connectivity index (χ0) is 13.4. The van der Waals surface area contributed by atoms with Gasteiger partial charge in [0, 0.05) is 5.56 Å². The molecule has 2 aromatic carbocycles. The molecule has 3 aromatic rings. The lowest BCUT2D eigenvalue weighted by atomic mass is 9.96. The second kappa shape index (κ2) is 4.86. The van der Waals surface area contributed by atoms with Crippen molar-refractivity contribution in [2.45, 2.75) is 18.7 Å². The summed E-state index contributed by atoms with van der Waals surface area (Å²) in [6.45, 7) is 4.12. The number of halogens is 1. The zero-order valence-corrected chi connectivity index (χ0v) is 12.6. The number of alkyl halides is 1. The summed E-state index contributed by atoms with van der Waals surface area (Å²) in [6, 6.07) is 15.0. The molecule has 0 spiro atoms. The number of hydrogen-bond donors (Lipinski definition) is 0. The monoisotopic (exact) mass is 314 g/mol. The van der Waals surface area contributed by atoms with Crippen molar-refractivity contribution in [3.05, 3.63) is 71.2 Å². The highest BCUT2D eigenvalue weighted by atomic mass is 79.9. The number of benzene rings is 2. The Balaban J connectivity index is 2.18. The van der Waals surface area contributed by atoms with Gasteiger partial charge in [-0.2, -0.15) is 0 Å². The minimum atomic E-state index is 0.162. The van der Waals surface area contributed by atoms with E-state index in [1.54, 1.807) is 0 Å². The van der Waals surface area contributed by atoms with Gasteiger partial charge in [0.1, 0.15) is 5.76 Å². The molecule has 96 valence electrons. The van der Waals surface area contributed by atoms with E-state index in [1.807, 2.05) is 13.2 Å². The van der Waals surface area contributed by atoms with E-state index in [1.165, 1.54) is 21.9 Å². The van der Waals surface area contributed by atoms with Crippen LogP contribution in [0.3, 0.4) is 0 Å². The molecule has 0 aliphatic carbocycles. The first-order valence-electron chi connectivity index (χ1n) is 6.34. The Morgan fingerprint density at radius 2 is 1.74 bits per heavy atom. The Morgan fingerprint density at radius 3 is 2.42 bits per heavy atom. The molecule has 0 saturated heterocycles. The molecule has 0 aliphatic heterocycles. The standard InChI is InChI=1S/C17H15BrO/c1-11-7-8-16(15-6-4-3-5-14(11)15)17(18)13-9-12(2)19-10-13/h3-10,17H,1-2H3. The first-order chi connectivity index (χ1) is 9.16. The maximum atomic E-state index is 5.41. The highest BCUT2D eigenvalue weighted by molar-refractivity contribution is 9.09. The van der Waals surface area contributed by atoms with Gasteiger partial charge in [-0.15, -0.1) is 0 Å². The van der Waals surface area contributed by atoms with Gasteiger partial charge in [-0.05, 0) is 41.8 Å². The van der Waals surface area contributed by atoms with Gasteiger partial charge in [-0.1, -0.05) is 52.3 Å². The third-order valence-electron chi connectivity index (χ3n) is 3.49. The lowest BCUT2D eigenvalue weighted by molar-refractivity contribution is 0.532. The van der Waals surface area contributed by atoms with Gasteiger partial charge in [0.2, 0.25) is 0 Å². The van der Waals surface area contributed by atoms with E-state index < -0.39 is 0 Å². The fourth-order valence-corrected chi connectivity index (χ4v) is 3.11. The van der Waals surface area contributed by atoms with E-state index in [0.29, 0.717) is 0 Å². The molecular formula is C17H15BrO. The van der Waals surface area contributed by atoms with Crippen molar-refractivity contribution >= 4 is 26.7 Å². The van der Waals surface area contributed by atoms with Crippen molar-refractivity contribution in [3.8, 4) is 0 Å². The normalized spacial score (nSPS) is 12.8. The molecule has 0 N–H and O–H groups in total. The molecular weight excluding hydrogens is 300 g/mol. The zero-order valence-electron chi connectivity index (χ0n) is 11.0. The smallest absolute Gasteiger partial charge is 0.101 e. The van der Waals surface area contributed by atoms with Crippen LogP contribution in [-0.2, 0) is 0 Å². The molecule has 0 bridgehead atoms. The number of rotatable bonds is 2. The van der Waals surface area contributed by atoms with E-state index in [9.17, 15) is 0 Å². The van der Waals surface area contributed by atoms with Crippen LogP contribution in [-0.4, -0.2) is 0 Å². The Hall–Kier alpha value is -1.54. The van der Waals surface area contributed by atoms with E-state index >= 15 is 0 Å². The van der Waals surface area contributed by atoms with Crippen molar-refractivity contribution in [3.63, 3.8) is 0 Å². The van der Waals surface area contributed by atoms with Crippen LogP contribution >= 0.6 is 15.9 Å². The topological polar surface area (TPSA) is 13.1 Å². The van der Waals surface area contributed by atoms with Crippen molar-refractivity contribution in [1.82, 2.24) is 0 Å². The van der Waals surface area contributed by atoms with Crippen LogP contribution in [0.25, 0.3) is 10.8 Å². The summed E-state index contributed by atoms with van der Waals surface area (Å²) in [5, 5.41) is 2.60. The third kappa shape index (κ3) is 2.21. The predicted molar refractivity (Wildman–Crippen MR) is 82.9 cm³/mol. The molecule has 0 fully saturated rings. The minimum Gasteiger partial charge on any atom is -0.469 e. The Labute approximate surface area is 121 Å².